The van der Waals surface area contributed by atoms with Crippen molar-refractivity contribution in [2.24, 2.45) is 0 Å². The van der Waals surface area contributed by atoms with Crippen LogP contribution in [0, 0.1) is 18.3 Å². The Labute approximate surface area is 215 Å². The molecular formula is C28H29N5O4. The molecule has 37 heavy (non-hydrogen) atoms. The summed E-state index contributed by atoms with van der Waals surface area (Å²) in [4.78, 5) is 32.6. The van der Waals surface area contributed by atoms with Crippen LogP contribution >= 0.6 is 0 Å². The van der Waals surface area contributed by atoms with E-state index in [0.717, 1.165) is 26.8 Å². The number of benzene rings is 2. The molecule has 2 heterocycles. The summed E-state index contributed by atoms with van der Waals surface area (Å²) in [6.45, 7) is 12.2. The number of hydrogen-bond donors (Lipinski definition) is 0. The number of carbonyl (C=O) groups is 2. The molecule has 4 aromatic rings. The van der Waals surface area contributed by atoms with E-state index in [1.807, 2.05) is 43.3 Å². The Bertz CT molecular complexity index is 1540. The lowest BCUT2D eigenvalue weighted by molar-refractivity contribution is 0.0428. The van der Waals surface area contributed by atoms with Gasteiger partial charge in [0.05, 0.1) is 6.20 Å². The van der Waals surface area contributed by atoms with Crippen LogP contribution in [0.25, 0.3) is 27.5 Å². The predicted octanol–water partition coefficient (Wildman–Crippen LogP) is 6.41. The highest BCUT2D eigenvalue weighted by Crippen LogP contribution is 2.39. The van der Waals surface area contributed by atoms with Crippen molar-refractivity contribution in [1.82, 2.24) is 14.6 Å². The van der Waals surface area contributed by atoms with Crippen LogP contribution in [-0.2, 0) is 9.47 Å². The summed E-state index contributed by atoms with van der Waals surface area (Å²) in [5, 5.41) is 15.8. The molecule has 0 aliphatic heterocycles. The highest BCUT2D eigenvalue weighted by molar-refractivity contribution is 6.13. The molecule has 0 aliphatic carbocycles. The van der Waals surface area contributed by atoms with E-state index in [2.05, 4.69) is 16.2 Å². The topological polar surface area (TPSA) is 110 Å². The number of nitriles is 1. The van der Waals surface area contributed by atoms with Crippen LogP contribution in [-0.4, -0.2) is 38.0 Å². The average Bonchev–Trinajstić information content (AvgIpc) is 3.21. The summed E-state index contributed by atoms with van der Waals surface area (Å²) in [6, 6.07) is 13.8. The van der Waals surface area contributed by atoms with Gasteiger partial charge < -0.3 is 9.47 Å². The van der Waals surface area contributed by atoms with Crippen molar-refractivity contribution in [2.75, 3.05) is 4.90 Å². The molecule has 0 unspecified atom stereocenters. The highest BCUT2D eigenvalue weighted by Gasteiger charge is 2.37. The van der Waals surface area contributed by atoms with E-state index in [4.69, 9.17) is 9.47 Å². The van der Waals surface area contributed by atoms with Gasteiger partial charge in [0.1, 0.15) is 22.8 Å². The van der Waals surface area contributed by atoms with Gasteiger partial charge in [-0.15, -0.1) is 0 Å². The van der Waals surface area contributed by atoms with Gasteiger partial charge in [-0.2, -0.15) is 19.8 Å². The summed E-state index contributed by atoms with van der Waals surface area (Å²) < 4.78 is 12.6. The second-order valence-electron chi connectivity index (χ2n) is 10.7. The average molecular weight is 500 g/mol. The maximum Gasteiger partial charge on any atom is 0.425 e. The summed E-state index contributed by atoms with van der Waals surface area (Å²) in [5.74, 6) is 0.0643. The van der Waals surface area contributed by atoms with E-state index in [1.54, 1.807) is 47.7 Å². The molecule has 9 heteroatoms. The van der Waals surface area contributed by atoms with Gasteiger partial charge in [0.15, 0.2) is 11.5 Å². The Morgan fingerprint density at radius 3 is 2.16 bits per heavy atom. The molecule has 0 N–H and O–H groups in total. The summed E-state index contributed by atoms with van der Waals surface area (Å²) in [7, 11) is 0. The first kappa shape index (κ1) is 25.6. The number of rotatable bonds is 2. The highest BCUT2D eigenvalue weighted by atomic mass is 16.6. The minimum Gasteiger partial charge on any atom is -0.443 e. The van der Waals surface area contributed by atoms with Gasteiger partial charge in [0, 0.05) is 11.8 Å². The SMILES string of the molecule is Cc1ccc2ccccc2c1-c1cnc2c(C#N)cnn2c1N(C(=O)OC(C)(C)C)C(=O)OC(C)(C)C. The number of aromatic nitrogens is 3. The maximum absolute atomic E-state index is 13.6. The smallest absolute Gasteiger partial charge is 0.425 e. The van der Waals surface area contributed by atoms with Gasteiger partial charge in [-0.1, -0.05) is 36.4 Å². The second-order valence-corrected chi connectivity index (χ2v) is 10.7. The van der Waals surface area contributed by atoms with E-state index in [-0.39, 0.29) is 17.0 Å². The quantitative estimate of drug-likeness (QED) is 0.313. The van der Waals surface area contributed by atoms with Crippen LogP contribution in [0.3, 0.4) is 0 Å². The minimum atomic E-state index is -0.942. The molecule has 0 atom stereocenters. The molecular weight excluding hydrogens is 470 g/mol. The number of anilines is 1. The number of nitrogens with zero attached hydrogens (tertiary/aromatic N) is 5. The zero-order valence-electron chi connectivity index (χ0n) is 22.0. The molecule has 2 amide bonds. The molecule has 9 nitrogen and oxygen atoms in total. The van der Waals surface area contributed by atoms with Gasteiger partial charge in [-0.3, -0.25) is 0 Å². The molecule has 0 spiro atoms. The van der Waals surface area contributed by atoms with Crippen molar-refractivity contribution in [3.05, 3.63) is 59.9 Å². The van der Waals surface area contributed by atoms with Crippen molar-refractivity contribution >= 4 is 34.4 Å². The van der Waals surface area contributed by atoms with Crippen molar-refractivity contribution < 1.29 is 19.1 Å². The van der Waals surface area contributed by atoms with Crippen LogP contribution in [0.5, 0.6) is 0 Å². The predicted molar refractivity (Wildman–Crippen MR) is 140 cm³/mol. The summed E-state index contributed by atoms with van der Waals surface area (Å²) in [5.41, 5.74) is 0.677. The van der Waals surface area contributed by atoms with Gasteiger partial charge in [-0.25, -0.2) is 14.6 Å². The lowest BCUT2D eigenvalue weighted by atomic mass is 9.95. The van der Waals surface area contributed by atoms with Crippen molar-refractivity contribution in [3.8, 4) is 17.2 Å². The Kier molecular flexibility index (Phi) is 6.38. The molecule has 0 fully saturated rings. The van der Waals surface area contributed by atoms with Gasteiger partial charge in [-0.05, 0) is 70.4 Å². The van der Waals surface area contributed by atoms with E-state index in [0.29, 0.717) is 5.56 Å². The third-order valence-electron chi connectivity index (χ3n) is 5.39. The first-order valence-corrected chi connectivity index (χ1v) is 11.8. The van der Waals surface area contributed by atoms with E-state index < -0.39 is 23.4 Å². The van der Waals surface area contributed by atoms with E-state index in [1.165, 1.54) is 10.7 Å². The number of fused-ring (bicyclic) bond motifs is 2. The van der Waals surface area contributed by atoms with Crippen molar-refractivity contribution in [2.45, 2.75) is 59.7 Å². The summed E-state index contributed by atoms with van der Waals surface area (Å²) in [6.07, 6.45) is 1.00. The van der Waals surface area contributed by atoms with Gasteiger partial charge >= 0.3 is 12.2 Å². The second kappa shape index (κ2) is 9.21. The maximum atomic E-state index is 13.6. The van der Waals surface area contributed by atoms with E-state index in [9.17, 15) is 14.9 Å². The Hall–Kier alpha value is -4.45. The van der Waals surface area contributed by atoms with Crippen LogP contribution in [0.15, 0.2) is 48.8 Å². The summed E-state index contributed by atoms with van der Waals surface area (Å²) >= 11 is 0. The first-order valence-electron chi connectivity index (χ1n) is 11.8. The fourth-order valence-electron chi connectivity index (χ4n) is 3.99. The zero-order chi connectivity index (χ0) is 27.1. The van der Waals surface area contributed by atoms with Gasteiger partial charge in [0.25, 0.3) is 0 Å². The minimum absolute atomic E-state index is 0.0643. The molecule has 0 radical (unpaired) electrons. The Balaban J connectivity index is 2.11. The largest absolute Gasteiger partial charge is 0.443 e. The lowest BCUT2D eigenvalue weighted by Crippen LogP contribution is -2.45. The number of aryl methyl sites for hydroxylation is 1. The molecule has 190 valence electrons. The first-order chi connectivity index (χ1) is 17.3. The molecule has 0 saturated carbocycles. The fourth-order valence-corrected chi connectivity index (χ4v) is 3.99. The zero-order valence-corrected chi connectivity index (χ0v) is 22.0. The van der Waals surface area contributed by atoms with Crippen LogP contribution in [0.1, 0.15) is 52.7 Å². The lowest BCUT2D eigenvalue weighted by Gasteiger charge is -2.30. The Morgan fingerprint density at radius 1 is 0.946 bits per heavy atom. The fraction of sp³-hybridized carbons (Fsp3) is 0.321. The molecule has 4 rings (SSSR count). The van der Waals surface area contributed by atoms with Crippen LogP contribution in [0.4, 0.5) is 15.4 Å². The van der Waals surface area contributed by atoms with Gasteiger partial charge in [0.2, 0.25) is 0 Å². The number of imide groups is 1. The van der Waals surface area contributed by atoms with Crippen LogP contribution in [0.2, 0.25) is 0 Å². The molecule has 0 saturated heterocycles. The van der Waals surface area contributed by atoms with Crippen molar-refractivity contribution in [1.29, 1.82) is 5.26 Å². The third-order valence-corrected chi connectivity index (χ3v) is 5.39. The molecule has 2 aromatic heterocycles. The standard InChI is InChI=1S/C28H29N5O4/c1-17-12-13-18-10-8-9-11-20(18)22(17)21-16-30-23-19(14-29)15-31-33(23)24(21)32(25(34)36-27(2,3)4)26(35)37-28(5,6)7/h8-13,15-16H,1-7H3. The Morgan fingerprint density at radius 2 is 1.57 bits per heavy atom. The number of hydrogen-bond acceptors (Lipinski definition) is 7. The number of amides is 2. The molecule has 0 bridgehead atoms. The molecule has 0 aliphatic rings. The number of carbonyl (C=O) groups excluding carboxylic acids is 2. The van der Waals surface area contributed by atoms with Crippen molar-refractivity contribution in [3.63, 3.8) is 0 Å². The third kappa shape index (κ3) is 5.09. The number of ether oxygens (including phenoxy) is 2. The van der Waals surface area contributed by atoms with E-state index >= 15 is 0 Å². The van der Waals surface area contributed by atoms with Crippen LogP contribution < -0.4 is 4.90 Å². The normalized spacial score (nSPS) is 11.8. The monoisotopic (exact) mass is 499 g/mol. The molecule has 2 aromatic carbocycles.